The van der Waals surface area contributed by atoms with Crippen LogP contribution in [-0.4, -0.2) is 31.7 Å². The van der Waals surface area contributed by atoms with Crippen LogP contribution in [0.25, 0.3) is 0 Å². The molecule has 1 N–H and O–H groups in total. The van der Waals surface area contributed by atoms with Gasteiger partial charge in [-0.1, -0.05) is 11.6 Å². The second-order valence-electron chi connectivity index (χ2n) is 4.13. The predicted octanol–water partition coefficient (Wildman–Crippen LogP) is 1.72. The Hall–Kier alpha value is -1.75. The fraction of sp³-hybridized carbons (Fsp3) is 0.333. The maximum absolute atomic E-state index is 12.1. The Morgan fingerprint density at radius 1 is 1.56 bits per heavy atom. The largest absolute Gasteiger partial charge is 0.447 e. The number of rotatable bonds is 2. The van der Waals surface area contributed by atoms with Crippen LogP contribution in [0, 0.1) is 6.92 Å². The van der Waals surface area contributed by atoms with E-state index in [2.05, 4.69) is 5.32 Å². The van der Waals surface area contributed by atoms with E-state index in [1.54, 1.807) is 19.2 Å². The van der Waals surface area contributed by atoms with Crippen molar-refractivity contribution in [3.8, 4) is 0 Å². The Morgan fingerprint density at radius 2 is 2.28 bits per heavy atom. The molecule has 0 radical (unpaired) electrons. The predicted molar refractivity (Wildman–Crippen MR) is 67.9 cm³/mol. The van der Waals surface area contributed by atoms with Crippen molar-refractivity contribution in [3.05, 3.63) is 28.8 Å². The molecule has 0 saturated carbocycles. The van der Waals surface area contributed by atoms with Crippen molar-refractivity contribution < 1.29 is 14.3 Å². The van der Waals surface area contributed by atoms with E-state index in [4.69, 9.17) is 16.3 Å². The number of hydrogen-bond acceptors (Lipinski definition) is 3. The number of benzene rings is 1. The first-order chi connectivity index (χ1) is 8.49. The lowest BCUT2D eigenvalue weighted by Crippen LogP contribution is -2.44. The second kappa shape index (κ2) is 4.86. The van der Waals surface area contributed by atoms with Gasteiger partial charge >= 0.3 is 6.09 Å². The first kappa shape index (κ1) is 12.7. The summed E-state index contributed by atoms with van der Waals surface area (Å²) in [6.45, 7) is 1.93. The third-order valence-corrected chi connectivity index (χ3v) is 3.25. The molecular formula is C12H13ClN2O3. The van der Waals surface area contributed by atoms with Crippen molar-refractivity contribution in [3.63, 3.8) is 0 Å². The lowest BCUT2D eigenvalue weighted by atomic mass is 10.2. The van der Waals surface area contributed by atoms with Crippen molar-refractivity contribution in [2.75, 3.05) is 18.6 Å². The van der Waals surface area contributed by atoms with Crippen LogP contribution in [0.3, 0.4) is 0 Å². The Bertz CT molecular complexity index is 504. The fourth-order valence-electron chi connectivity index (χ4n) is 1.72. The molecule has 18 heavy (non-hydrogen) atoms. The third-order valence-electron chi connectivity index (χ3n) is 2.83. The number of nitrogens with zero attached hydrogens (tertiary/aromatic N) is 1. The van der Waals surface area contributed by atoms with Gasteiger partial charge in [0.25, 0.3) is 5.91 Å². The van der Waals surface area contributed by atoms with Crippen LogP contribution in [0.1, 0.15) is 5.56 Å². The molecule has 6 heteroatoms. The number of amides is 2. The first-order valence-electron chi connectivity index (χ1n) is 5.46. The molecular weight excluding hydrogens is 256 g/mol. The van der Waals surface area contributed by atoms with Gasteiger partial charge in [-0.2, -0.15) is 0 Å². The van der Waals surface area contributed by atoms with Crippen LogP contribution in [-0.2, 0) is 9.53 Å². The zero-order valence-corrected chi connectivity index (χ0v) is 10.8. The number of alkyl carbamates (subject to hydrolysis) is 1. The topological polar surface area (TPSA) is 58.6 Å². The van der Waals surface area contributed by atoms with E-state index in [1.165, 1.54) is 4.90 Å². The molecule has 2 rings (SSSR count). The van der Waals surface area contributed by atoms with E-state index in [-0.39, 0.29) is 12.5 Å². The second-order valence-corrected chi connectivity index (χ2v) is 4.53. The molecule has 0 spiro atoms. The molecule has 0 bridgehead atoms. The molecule has 96 valence electrons. The minimum atomic E-state index is -0.626. The molecule has 0 aromatic heterocycles. The number of carbonyl (C=O) groups is 2. The number of carbonyl (C=O) groups excluding carboxylic acids is 2. The number of ether oxygens (including phenoxy) is 1. The molecule has 1 aliphatic rings. The van der Waals surface area contributed by atoms with Crippen LogP contribution in [0.5, 0.6) is 0 Å². The molecule has 1 aromatic rings. The SMILES string of the molecule is Cc1cc(N(C)C(=O)[C@@H]2COC(=O)N2)ccc1Cl. The van der Waals surface area contributed by atoms with Gasteiger partial charge in [0.2, 0.25) is 0 Å². The van der Waals surface area contributed by atoms with E-state index in [1.807, 2.05) is 13.0 Å². The van der Waals surface area contributed by atoms with E-state index in [9.17, 15) is 9.59 Å². The third kappa shape index (κ3) is 2.41. The highest BCUT2D eigenvalue weighted by atomic mass is 35.5. The normalized spacial score (nSPS) is 18.2. The zero-order chi connectivity index (χ0) is 13.3. The van der Waals surface area contributed by atoms with E-state index >= 15 is 0 Å². The zero-order valence-electron chi connectivity index (χ0n) is 10.1. The van der Waals surface area contributed by atoms with Gasteiger partial charge in [-0.3, -0.25) is 4.79 Å². The molecule has 1 heterocycles. The summed E-state index contributed by atoms with van der Waals surface area (Å²) >= 11 is 5.93. The van der Waals surface area contributed by atoms with E-state index in [0.29, 0.717) is 5.02 Å². The Balaban J connectivity index is 2.15. The fourth-order valence-corrected chi connectivity index (χ4v) is 1.83. The minimum Gasteiger partial charge on any atom is -0.447 e. The molecule has 2 amide bonds. The summed E-state index contributed by atoms with van der Waals surface area (Å²) in [6.07, 6.45) is -0.561. The van der Waals surface area contributed by atoms with Crippen molar-refractivity contribution in [2.45, 2.75) is 13.0 Å². The van der Waals surface area contributed by atoms with Gasteiger partial charge < -0.3 is 15.0 Å². The highest BCUT2D eigenvalue weighted by Crippen LogP contribution is 2.22. The van der Waals surface area contributed by atoms with Crippen LogP contribution >= 0.6 is 11.6 Å². The lowest BCUT2D eigenvalue weighted by molar-refractivity contribution is -0.120. The smallest absolute Gasteiger partial charge is 0.407 e. The number of cyclic esters (lactones) is 1. The van der Waals surface area contributed by atoms with E-state index in [0.717, 1.165) is 11.3 Å². The molecule has 1 saturated heterocycles. The summed E-state index contributed by atoms with van der Waals surface area (Å²) in [5.41, 5.74) is 1.61. The summed E-state index contributed by atoms with van der Waals surface area (Å²) in [4.78, 5) is 24.5. The van der Waals surface area contributed by atoms with Gasteiger partial charge in [0, 0.05) is 17.8 Å². The lowest BCUT2D eigenvalue weighted by Gasteiger charge is -2.20. The molecule has 0 aliphatic carbocycles. The van der Waals surface area contributed by atoms with Crippen LogP contribution in [0.4, 0.5) is 10.5 Å². The van der Waals surface area contributed by atoms with Gasteiger partial charge in [-0.15, -0.1) is 0 Å². The average Bonchev–Trinajstić information content (AvgIpc) is 2.77. The van der Waals surface area contributed by atoms with Crippen molar-refractivity contribution in [2.24, 2.45) is 0 Å². The van der Waals surface area contributed by atoms with Crippen LogP contribution in [0.2, 0.25) is 5.02 Å². The standard InChI is InChI=1S/C12H13ClN2O3/c1-7-5-8(3-4-9(7)13)15(2)11(16)10-6-18-12(17)14-10/h3-5,10H,6H2,1-2H3,(H,14,17)/t10-/m0/s1. The maximum Gasteiger partial charge on any atom is 0.407 e. The van der Waals surface area contributed by atoms with E-state index < -0.39 is 12.1 Å². The number of halogens is 1. The highest BCUT2D eigenvalue weighted by molar-refractivity contribution is 6.31. The van der Waals surface area contributed by atoms with Crippen molar-refractivity contribution >= 4 is 29.3 Å². The van der Waals surface area contributed by atoms with Gasteiger partial charge in [0.1, 0.15) is 12.6 Å². The molecule has 1 aromatic carbocycles. The van der Waals surface area contributed by atoms with Crippen LogP contribution in [0.15, 0.2) is 18.2 Å². The summed E-state index contributed by atoms with van der Waals surface area (Å²) in [5.74, 6) is -0.220. The van der Waals surface area contributed by atoms with Gasteiger partial charge in [-0.05, 0) is 30.7 Å². The van der Waals surface area contributed by atoms with Gasteiger partial charge in [0.05, 0.1) is 0 Å². The summed E-state index contributed by atoms with van der Waals surface area (Å²) in [5, 5.41) is 3.10. The van der Waals surface area contributed by atoms with Crippen molar-refractivity contribution in [1.82, 2.24) is 5.32 Å². The van der Waals surface area contributed by atoms with Crippen molar-refractivity contribution in [1.29, 1.82) is 0 Å². The number of anilines is 1. The maximum atomic E-state index is 12.1. The molecule has 0 unspecified atom stereocenters. The Labute approximate surface area is 110 Å². The molecule has 1 aliphatic heterocycles. The quantitative estimate of drug-likeness (QED) is 0.888. The Kier molecular flexibility index (Phi) is 3.43. The summed E-state index contributed by atoms with van der Waals surface area (Å²) < 4.78 is 4.70. The number of nitrogens with one attached hydrogen (secondary N) is 1. The monoisotopic (exact) mass is 268 g/mol. The molecule has 1 fully saturated rings. The molecule has 1 atom stereocenters. The van der Waals surface area contributed by atoms with Gasteiger partial charge in [0.15, 0.2) is 0 Å². The Morgan fingerprint density at radius 3 is 2.83 bits per heavy atom. The molecule has 5 nitrogen and oxygen atoms in total. The number of aryl methyl sites for hydroxylation is 1. The van der Waals surface area contributed by atoms with Crippen LogP contribution < -0.4 is 10.2 Å². The number of likely N-dealkylation sites (N-methyl/N-ethyl adjacent to an activating group) is 1. The summed E-state index contributed by atoms with van der Waals surface area (Å²) in [7, 11) is 1.65. The average molecular weight is 269 g/mol. The highest BCUT2D eigenvalue weighted by Gasteiger charge is 2.31. The first-order valence-corrected chi connectivity index (χ1v) is 5.84. The summed E-state index contributed by atoms with van der Waals surface area (Å²) in [6, 6.07) is 4.68. The minimum absolute atomic E-state index is 0.0641. The van der Waals surface area contributed by atoms with Gasteiger partial charge in [-0.25, -0.2) is 4.79 Å². The number of hydrogen-bond donors (Lipinski definition) is 1.